The highest BCUT2D eigenvalue weighted by molar-refractivity contribution is 5.96. The normalized spacial score (nSPS) is 15.9. The van der Waals surface area contributed by atoms with E-state index in [2.05, 4.69) is 15.2 Å². The average molecular weight is 304 g/mol. The molecule has 0 spiro atoms. The molecule has 1 N–H and O–H groups in total. The maximum Gasteiger partial charge on any atom is 0.272 e. The molecule has 2 amide bonds. The van der Waals surface area contributed by atoms with Crippen molar-refractivity contribution in [2.45, 2.75) is 13.8 Å². The molecule has 0 radical (unpaired) electrons. The largest absolute Gasteiger partial charge is 0.350 e. The SMILES string of the molecule is CC(C)CNC(=O)c1cccc(C(=O)N2CCN(C)CC2)n1. The molecule has 1 saturated heterocycles. The first-order chi connectivity index (χ1) is 10.5. The zero-order valence-corrected chi connectivity index (χ0v) is 13.5. The van der Waals surface area contributed by atoms with Gasteiger partial charge in [-0.05, 0) is 25.1 Å². The molecule has 1 aromatic heterocycles. The Labute approximate surface area is 131 Å². The van der Waals surface area contributed by atoms with Crippen LogP contribution < -0.4 is 5.32 Å². The van der Waals surface area contributed by atoms with Crippen molar-refractivity contribution in [2.24, 2.45) is 5.92 Å². The molecule has 2 heterocycles. The van der Waals surface area contributed by atoms with Gasteiger partial charge in [-0.3, -0.25) is 9.59 Å². The van der Waals surface area contributed by atoms with E-state index in [4.69, 9.17) is 0 Å². The Balaban J connectivity index is 2.04. The summed E-state index contributed by atoms with van der Waals surface area (Å²) in [5.41, 5.74) is 0.627. The highest BCUT2D eigenvalue weighted by Gasteiger charge is 2.22. The van der Waals surface area contributed by atoms with Crippen molar-refractivity contribution in [2.75, 3.05) is 39.8 Å². The first-order valence-corrected chi connectivity index (χ1v) is 7.70. The first kappa shape index (κ1) is 16.4. The van der Waals surface area contributed by atoms with E-state index in [-0.39, 0.29) is 11.8 Å². The molecule has 0 saturated carbocycles. The third kappa shape index (κ3) is 4.27. The summed E-state index contributed by atoms with van der Waals surface area (Å²) in [5, 5.41) is 2.82. The van der Waals surface area contributed by atoms with E-state index in [9.17, 15) is 9.59 Å². The number of nitrogens with one attached hydrogen (secondary N) is 1. The van der Waals surface area contributed by atoms with Crippen molar-refractivity contribution in [1.29, 1.82) is 0 Å². The molecular formula is C16H24N4O2. The zero-order valence-electron chi connectivity index (χ0n) is 13.5. The lowest BCUT2D eigenvalue weighted by Crippen LogP contribution is -2.47. The van der Waals surface area contributed by atoms with E-state index in [0.29, 0.717) is 36.9 Å². The molecule has 0 aliphatic carbocycles. The van der Waals surface area contributed by atoms with Gasteiger partial charge < -0.3 is 15.1 Å². The van der Waals surface area contributed by atoms with Crippen LogP contribution in [0.5, 0.6) is 0 Å². The van der Waals surface area contributed by atoms with Crippen LogP contribution in [0, 0.1) is 5.92 Å². The van der Waals surface area contributed by atoms with Gasteiger partial charge in [-0.2, -0.15) is 0 Å². The van der Waals surface area contributed by atoms with Gasteiger partial charge in [0.15, 0.2) is 0 Å². The van der Waals surface area contributed by atoms with Crippen LogP contribution in [0.3, 0.4) is 0 Å². The van der Waals surface area contributed by atoms with Gasteiger partial charge in [-0.25, -0.2) is 4.98 Å². The molecule has 22 heavy (non-hydrogen) atoms. The number of amides is 2. The van der Waals surface area contributed by atoms with Gasteiger partial charge in [0.05, 0.1) is 0 Å². The van der Waals surface area contributed by atoms with Crippen molar-refractivity contribution in [1.82, 2.24) is 20.1 Å². The number of aromatic nitrogens is 1. The number of carbonyl (C=O) groups excluding carboxylic acids is 2. The third-order valence-corrected chi connectivity index (χ3v) is 3.66. The van der Waals surface area contributed by atoms with Crippen LogP contribution in [0.2, 0.25) is 0 Å². The molecule has 6 nitrogen and oxygen atoms in total. The molecule has 0 bridgehead atoms. The fraction of sp³-hybridized carbons (Fsp3) is 0.562. The van der Waals surface area contributed by atoms with Gasteiger partial charge in [0.2, 0.25) is 0 Å². The predicted octanol–water partition coefficient (Wildman–Crippen LogP) is 0.855. The summed E-state index contributed by atoms with van der Waals surface area (Å²) in [6, 6.07) is 5.01. The van der Waals surface area contributed by atoms with Crippen LogP contribution in [0.25, 0.3) is 0 Å². The molecule has 6 heteroatoms. The standard InChI is InChI=1S/C16H24N4O2/c1-12(2)11-17-15(21)13-5-4-6-14(18-13)16(22)20-9-7-19(3)8-10-20/h4-6,12H,7-11H2,1-3H3,(H,17,21). The van der Waals surface area contributed by atoms with Crippen molar-refractivity contribution in [3.8, 4) is 0 Å². The van der Waals surface area contributed by atoms with Gasteiger partial charge in [-0.1, -0.05) is 19.9 Å². The second kappa shape index (κ2) is 7.35. The molecule has 0 aromatic carbocycles. The van der Waals surface area contributed by atoms with Crippen LogP contribution >= 0.6 is 0 Å². The van der Waals surface area contributed by atoms with Crippen LogP contribution in [0.4, 0.5) is 0 Å². The lowest BCUT2D eigenvalue weighted by Gasteiger charge is -2.32. The van der Waals surface area contributed by atoms with E-state index < -0.39 is 0 Å². The van der Waals surface area contributed by atoms with Gasteiger partial charge >= 0.3 is 0 Å². The summed E-state index contributed by atoms with van der Waals surface area (Å²) in [4.78, 5) is 32.7. The Morgan fingerprint density at radius 1 is 1.18 bits per heavy atom. The number of likely N-dealkylation sites (N-methyl/N-ethyl adjacent to an activating group) is 1. The van der Waals surface area contributed by atoms with Gasteiger partial charge in [-0.15, -0.1) is 0 Å². The Hall–Kier alpha value is -1.95. The molecular weight excluding hydrogens is 280 g/mol. The number of pyridine rings is 1. The summed E-state index contributed by atoms with van der Waals surface area (Å²) in [6.07, 6.45) is 0. The average Bonchev–Trinajstić information content (AvgIpc) is 2.52. The molecule has 120 valence electrons. The molecule has 2 rings (SSSR count). The van der Waals surface area contributed by atoms with Crippen LogP contribution in [-0.4, -0.2) is 66.4 Å². The molecule has 0 unspecified atom stereocenters. The van der Waals surface area contributed by atoms with E-state index in [1.165, 1.54) is 0 Å². The maximum absolute atomic E-state index is 12.5. The first-order valence-electron chi connectivity index (χ1n) is 7.70. The Morgan fingerprint density at radius 3 is 2.45 bits per heavy atom. The maximum atomic E-state index is 12.5. The number of hydrogen-bond acceptors (Lipinski definition) is 4. The second-order valence-corrected chi connectivity index (χ2v) is 6.11. The fourth-order valence-electron chi connectivity index (χ4n) is 2.24. The number of piperazine rings is 1. The van der Waals surface area contributed by atoms with Gasteiger partial charge in [0.25, 0.3) is 11.8 Å². The summed E-state index contributed by atoms with van der Waals surface area (Å²) in [5.74, 6) is 0.0347. The second-order valence-electron chi connectivity index (χ2n) is 6.11. The number of nitrogens with zero attached hydrogens (tertiary/aromatic N) is 3. The van der Waals surface area contributed by atoms with Gasteiger partial charge in [0.1, 0.15) is 11.4 Å². The smallest absolute Gasteiger partial charge is 0.272 e. The lowest BCUT2D eigenvalue weighted by atomic mass is 10.2. The monoisotopic (exact) mass is 304 g/mol. The van der Waals surface area contributed by atoms with Crippen molar-refractivity contribution in [3.05, 3.63) is 29.6 Å². The van der Waals surface area contributed by atoms with Crippen LogP contribution in [-0.2, 0) is 0 Å². The topological polar surface area (TPSA) is 65.5 Å². The minimum Gasteiger partial charge on any atom is -0.350 e. The molecule has 1 aromatic rings. The summed E-state index contributed by atoms with van der Waals surface area (Å²) in [7, 11) is 2.04. The Kier molecular flexibility index (Phi) is 5.49. The summed E-state index contributed by atoms with van der Waals surface area (Å²) < 4.78 is 0. The van der Waals surface area contributed by atoms with Gasteiger partial charge in [0, 0.05) is 32.7 Å². The minimum atomic E-state index is -0.235. The zero-order chi connectivity index (χ0) is 16.1. The van der Waals surface area contributed by atoms with E-state index in [1.54, 1.807) is 23.1 Å². The van der Waals surface area contributed by atoms with Crippen molar-refractivity contribution >= 4 is 11.8 Å². The number of hydrogen-bond donors (Lipinski definition) is 1. The summed E-state index contributed by atoms with van der Waals surface area (Å²) in [6.45, 7) is 7.77. The quantitative estimate of drug-likeness (QED) is 0.896. The Bertz CT molecular complexity index is 537. The Morgan fingerprint density at radius 2 is 1.82 bits per heavy atom. The molecule has 1 fully saturated rings. The molecule has 0 atom stereocenters. The number of carbonyl (C=O) groups is 2. The molecule has 1 aliphatic rings. The highest BCUT2D eigenvalue weighted by Crippen LogP contribution is 2.07. The van der Waals surface area contributed by atoms with Crippen LogP contribution in [0.15, 0.2) is 18.2 Å². The van der Waals surface area contributed by atoms with E-state index in [0.717, 1.165) is 13.1 Å². The highest BCUT2D eigenvalue weighted by atomic mass is 16.2. The van der Waals surface area contributed by atoms with E-state index >= 15 is 0 Å². The van der Waals surface area contributed by atoms with Crippen molar-refractivity contribution < 1.29 is 9.59 Å². The van der Waals surface area contributed by atoms with E-state index in [1.807, 2.05) is 20.9 Å². The third-order valence-electron chi connectivity index (χ3n) is 3.66. The minimum absolute atomic E-state index is 0.105. The fourth-order valence-corrected chi connectivity index (χ4v) is 2.24. The summed E-state index contributed by atoms with van der Waals surface area (Å²) >= 11 is 0. The lowest BCUT2D eigenvalue weighted by molar-refractivity contribution is 0.0658. The van der Waals surface area contributed by atoms with Crippen LogP contribution in [0.1, 0.15) is 34.8 Å². The van der Waals surface area contributed by atoms with Crippen molar-refractivity contribution in [3.63, 3.8) is 0 Å². The number of rotatable bonds is 4. The predicted molar refractivity (Wildman–Crippen MR) is 84.8 cm³/mol. The molecule has 1 aliphatic heterocycles.